The van der Waals surface area contributed by atoms with E-state index >= 15 is 0 Å². The van der Waals surface area contributed by atoms with Gasteiger partial charge in [0.05, 0.1) is 27.4 Å². The number of anilines is 1. The molecule has 12 heteroatoms. The Bertz CT molecular complexity index is 1170. The number of ether oxygens (including phenoxy) is 2. The van der Waals surface area contributed by atoms with Crippen molar-refractivity contribution in [2.45, 2.75) is 12.8 Å². The number of benzene rings is 2. The van der Waals surface area contributed by atoms with Gasteiger partial charge in [-0.15, -0.1) is 0 Å². The minimum atomic E-state index is -4.46. The molecule has 1 N–H and O–H groups in total. The predicted octanol–water partition coefficient (Wildman–Crippen LogP) is 5.65. The van der Waals surface area contributed by atoms with Crippen LogP contribution in [0.25, 0.3) is 0 Å². The van der Waals surface area contributed by atoms with Gasteiger partial charge in [-0.2, -0.15) is 18.3 Å². The molecule has 0 radical (unpaired) electrons. The molecular formula is C21H16F3IN4O4. The zero-order valence-electron chi connectivity index (χ0n) is 17.0. The summed E-state index contributed by atoms with van der Waals surface area (Å²) in [7, 11) is 1.47. The largest absolute Gasteiger partial charge is 0.493 e. The molecule has 0 amide bonds. The van der Waals surface area contributed by atoms with E-state index in [0.29, 0.717) is 26.2 Å². The summed E-state index contributed by atoms with van der Waals surface area (Å²) in [5.74, 6) is 1.03. The van der Waals surface area contributed by atoms with E-state index in [1.54, 1.807) is 24.3 Å². The first-order valence-corrected chi connectivity index (χ1v) is 10.3. The Morgan fingerprint density at radius 1 is 1.24 bits per heavy atom. The first kappa shape index (κ1) is 24.2. The third-order valence-electron chi connectivity index (χ3n) is 4.24. The molecule has 33 heavy (non-hydrogen) atoms. The minimum absolute atomic E-state index is 0.0284. The molecule has 1 heterocycles. The van der Waals surface area contributed by atoms with Crippen molar-refractivity contribution in [1.82, 2.24) is 4.98 Å². The van der Waals surface area contributed by atoms with Gasteiger partial charge in [0.15, 0.2) is 11.5 Å². The molecule has 0 fully saturated rings. The lowest BCUT2D eigenvalue weighted by atomic mass is 10.2. The molecule has 1 aromatic heterocycles. The zero-order valence-corrected chi connectivity index (χ0v) is 19.1. The van der Waals surface area contributed by atoms with Gasteiger partial charge in [0.2, 0.25) is 0 Å². The van der Waals surface area contributed by atoms with Crippen molar-refractivity contribution in [3.8, 4) is 11.5 Å². The summed E-state index contributed by atoms with van der Waals surface area (Å²) in [6, 6.07) is 11.6. The summed E-state index contributed by atoms with van der Waals surface area (Å²) in [5.41, 5.74) is 2.95. The van der Waals surface area contributed by atoms with Crippen LogP contribution in [0, 0.1) is 13.7 Å². The maximum Gasteiger partial charge on any atom is 0.417 e. The van der Waals surface area contributed by atoms with Gasteiger partial charge >= 0.3 is 6.18 Å². The van der Waals surface area contributed by atoms with Gasteiger partial charge in [0.25, 0.3) is 5.69 Å². The molecule has 0 aliphatic heterocycles. The van der Waals surface area contributed by atoms with Crippen molar-refractivity contribution in [1.29, 1.82) is 0 Å². The van der Waals surface area contributed by atoms with Gasteiger partial charge in [-0.3, -0.25) is 15.5 Å². The molecule has 2 aromatic carbocycles. The summed E-state index contributed by atoms with van der Waals surface area (Å²) in [6.07, 6.45) is -2.28. The highest BCUT2D eigenvalue weighted by Gasteiger charge is 2.30. The van der Waals surface area contributed by atoms with E-state index < -0.39 is 16.7 Å². The maximum absolute atomic E-state index is 12.6. The van der Waals surface area contributed by atoms with E-state index in [-0.39, 0.29) is 18.1 Å². The van der Waals surface area contributed by atoms with Crippen LogP contribution in [0.15, 0.2) is 59.8 Å². The van der Waals surface area contributed by atoms with E-state index in [2.05, 4.69) is 38.1 Å². The number of non-ortho nitro benzene ring substituents is 1. The average molecular weight is 572 g/mol. The minimum Gasteiger partial charge on any atom is -0.493 e. The zero-order chi connectivity index (χ0) is 24.0. The smallest absolute Gasteiger partial charge is 0.417 e. The number of hydrazone groups is 1. The Labute approximate surface area is 199 Å². The topological polar surface area (TPSA) is 98.9 Å². The fourth-order valence-electron chi connectivity index (χ4n) is 2.67. The molecule has 0 saturated carbocycles. The highest BCUT2D eigenvalue weighted by atomic mass is 127. The number of nitro groups is 1. The molecule has 3 rings (SSSR count). The normalized spacial score (nSPS) is 11.4. The number of hydrogen-bond donors (Lipinski definition) is 1. The molecule has 3 aromatic rings. The van der Waals surface area contributed by atoms with Crippen LogP contribution in [0.5, 0.6) is 11.5 Å². The summed E-state index contributed by atoms with van der Waals surface area (Å²) >= 11 is 2.06. The molecule has 0 saturated heterocycles. The fraction of sp³-hybridized carbons (Fsp3) is 0.143. The van der Waals surface area contributed by atoms with Crippen LogP contribution in [-0.4, -0.2) is 23.2 Å². The SMILES string of the molecule is COc1cc(/C=N\Nc2ccc(C(F)(F)F)cn2)cc(I)c1OCc1cccc([N+](=O)[O-])c1. The molecule has 0 atom stereocenters. The Hall–Kier alpha value is -3.42. The number of nitrogens with zero attached hydrogens (tertiary/aromatic N) is 3. The lowest BCUT2D eigenvalue weighted by molar-refractivity contribution is -0.384. The second-order valence-corrected chi connectivity index (χ2v) is 7.71. The summed E-state index contributed by atoms with van der Waals surface area (Å²) in [4.78, 5) is 14.1. The number of aromatic nitrogens is 1. The molecule has 0 bridgehead atoms. The van der Waals surface area contributed by atoms with Crippen LogP contribution in [0.3, 0.4) is 0 Å². The first-order chi connectivity index (χ1) is 15.7. The molecule has 172 valence electrons. The second kappa shape index (κ2) is 10.5. The third-order valence-corrected chi connectivity index (χ3v) is 5.04. The Morgan fingerprint density at radius 2 is 2.03 bits per heavy atom. The van der Waals surface area contributed by atoms with E-state index in [1.165, 1.54) is 31.5 Å². The van der Waals surface area contributed by atoms with Crippen molar-refractivity contribution in [2.24, 2.45) is 5.10 Å². The van der Waals surface area contributed by atoms with Gasteiger partial charge < -0.3 is 9.47 Å². The number of pyridine rings is 1. The highest BCUT2D eigenvalue weighted by molar-refractivity contribution is 14.1. The van der Waals surface area contributed by atoms with E-state index in [9.17, 15) is 23.3 Å². The van der Waals surface area contributed by atoms with Crippen LogP contribution < -0.4 is 14.9 Å². The number of alkyl halides is 3. The number of nitro benzene ring substituents is 1. The lowest BCUT2D eigenvalue weighted by Gasteiger charge is -2.13. The number of nitrogens with one attached hydrogen (secondary N) is 1. The van der Waals surface area contributed by atoms with Gasteiger partial charge in [0, 0.05) is 18.3 Å². The predicted molar refractivity (Wildman–Crippen MR) is 124 cm³/mol. The first-order valence-electron chi connectivity index (χ1n) is 9.23. The summed E-state index contributed by atoms with van der Waals surface area (Å²) in [6.45, 7) is 0.0998. The number of methoxy groups -OCH3 is 1. The van der Waals surface area contributed by atoms with Crippen LogP contribution in [0.1, 0.15) is 16.7 Å². The monoisotopic (exact) mass is 572 g/mol. The van der Waals surface area contributed by atoms with Gasteiger partial charge in [0.1, 0.15) is 12.4 Å². The van der Waals surface area contributed by atoms with Crippen molar-refractivity contribution in [3.63, 3.8) is 0 Å². The Morgan fingerprint density at radius 3 is 2.67 bits per heavy atom. The van der Waals surface area contributed by atoms with Crippen molar-refractivity contribution >= 4 is 40.3 Å². The number of rotatable bonds is 8. The molecule has 8 nitrogen and oxygen atoms in total. The van der Waals surface area contributed by atoms with Crippen LogP contribution in [0.2, 0.25) is 0 Å². The standard InChI is InChI=1S/C21H16F3IN4O4/c1-32-18-9-14(10-27-28-19-6-5-15(11-26-19)21(22,23)24)8-17(25)20(18)33-12-13-3-2-4-16(7-13)29(30)31/h2-11H,12H2,1H3,(H,26,28)/b27-10-. The van der Waals surface area contributed by atoms with E-state index in [0.717, 1.165) is 12.3 Å². The summed E-state index contributed by atoms with van der Waals surface area (Å²) < 4.78 is 49.7. The highest BCUT2D eigenvalue weighted by Crippen LogP contribution is 2.34. The van der Waals surface area contributed by atoms with E-state index in [1.807, 2.05) is 0 Å². The number of hydrogen-bond acceptors (Lipinski definition) is 7. The fourth-order valence-corrected chi connectivity index (χ4v) is 3.45. The van der Waals surface area contributed by atoms with Gasteiger partial charge in [-0.05, 0) is 58.0 Å². The molecule has 0 unspecified atom stereocenters. The summed E-state index contributed by atoms with van der Waals surface area (Å²) in [5, 5.41) is 14.9. The maximum atomic E-state index is 12.6. The Kier molecular flexibility index (Phi) is 7.68. The van der Waals surface area contributed by atoms with Crippen molar-refractivity contribution in [3.05, 3.63) is 85.1 Å². The van der Waals surface area contributed by atoms with Crippen LogP contribution in [0.4, 0.5) is 24.7 Å². The molecule has 0 spiro atoms. The molecule has 0 aliphatic rings. The van der Waals surface area contributed by atoms with Crippen LogP contribution in [-0.2, 0) is 12.8 Å². The van der Waals surface area contributed by atoms with Gasteiger partial charge in [-0.1, -0.05) is 12.1 Å². The van der Waals surface area contributed by atoms with E-state index in [4.69, 9.17) is 9.47 Å². The molecule has 0 aliphatic carbocycles. The van der Waals surface area contributed by atoms with Crippen molar-refractivity contribution < 1.29 is 27.6 Å². The third kappa shape index (κ3) is 6.54. The second-order valence-electron chi connectivity index (χ2n) is 6.55. The number of halogens is 4. The Balaban J connectivity index is 1.69. The average Bonchev–Trinajstić information content (AvgIpc) is 2.78. The van der Waals surface area contributed by atoms with Gasteiger partial charge in [-0.25, -0.2) is 4.98 Å². The van der Waals surface area contributed by atoms with Crippen molar-refractivity contribution in [2.75, 3.05) is 12.5 Å². The lowest BCUT2D eigenvalue weighted by Crippen LogP contribution is -2.05. The quantitative estimate of drug-likeness (QED) is 0.162. The molecular weight excluding hydrogens is 556 g/mol. The van der Waals surface area contributed by atoms with Crippen LogP contribution >= 0.6 is 22.6 Å².